The average molecular weight is 372 g/mol. The van der Waals surface area contributed by atoms with Gasteiger partial charge in [-0.15, -0.1) is 0 Å². The van der Waals surface area contributed by atoms with E-state index in [0.29, 0.717) is 0 Å². The number of phosphoric ester groups is 1. The molecule has 0 aromatic rings. The highest BCUT2D eigenvalue weighted by molar-refractivity contribution is 7.46. The average Bonchev–Trinajstić information content (AvgIpc) is 2.55. The molecular weight excluding hydrogens is 347 g/mol. The van der Waals surface area contributed by atoms with Gasteiger partial charge < -0.3 is 34.9 Å². The molecule has 6 N–H and O–H groups in total. The van der Waals surface area contributed by atoms with E-state index >= 15 is 0 Å². The van der Waals surface area contributed by atoms with Crippen LogP contribution in [0, 0.1) is 5.92 Å². The molecule has 142 valence electrons. The van der Waals surface area contributed by atoms with Crippen LogP contribution in [-0.2, 0) is 18.6 Å². The van der Waals surface area contributed by atoms with Crippen molar-refractivity contribution in [1.82, 2.24) is 0 Å². The summed E-state index contributed by atoms with van der Waals surface area (Å²) >= 11 is 0. The van der Waals surface area contributed by atoms with Gasteiger partial charge in [-0.3, -0.25) is 4.52 Å². The van der Waals surface area contributed by atoms with E-state index in [0.717, 1.165) is 32.1 Å². The molecule has 11 heteroatoms. The van der Waals surface area contributed by atoms with Crippen molar-refractivity contribution in [3.63, 3.8) is 0 Å². The standard InChI is InChI=1S/C13H25O10P/c14-9(7-23-24(19,20)21)10(15)11(16)12(17)13(18)22-6-8-4-2-1-3-5-8/h8-12,14-17H,1-7H2,(H2,19,20,21)/t9-,10-,11+,12-/m1/s1. The second kappa shape index (κ2) is 9.79. The van der Waals surface area contributed by atoms with Gasteiger partial charge in [0.2, 0.25) is 0 Å². The maximum atomic E-state index is 11.7. The number of aliphatic hydroxyl groups is 4. The molecule has 24 heavy (non-hydrogen) atoms. The summed E-state index contributed by atoms with van der Waals surface area (Å²) < 4.78 is 19.4. The molecule has 0 radical (unpaired) electrons. The van der Waals surface area contributed by atoms with Gasteiger partial charge in [-0.25, -0.2) is 9.36 Å². The summed E-state index contributed by atoms with van der Waals surface area (Å²) in [5, 5.41) is 38.4. The summed E-state index contributed by atoms with van der Waals surface area (Å²) in [6.07, 6.45) is -3.16. The lowest BCUT2D eigenvalue weighted by Gasteiger charge is -2.26. The predicted octanol–water partition coefficient (Wildman–Crippen LogP) is -1.34. The van der Waals surface area contributed by atoms with Gasteiger partial charge >= 0.3 is 13.8 Å². The SMILES string of the molecule is O=C(OCC1CCCCC1)[C@H](O)[C@@H](O)[C@H](O)[C@H](O)COP(=O)(O)O. The first kappa shape index (κ1) is 21.5. The van der Waals surface area contributed by atoms with E-state index in [9.17, 15) is 29.8 Å². The Balaban J connectivity index is 2.41. The Morgan fingerprint density at radius 3 is 2.17 bits per heavy atom. The van der Waals surface area contributed by atoms with Crippen LogP contribution in [0.2, 0.25) is 0 Å². The molecular formula is C13H25O10P. The van der Waals surface area contributed by atoms with Crippen LogP contribution in [0.4, 0.5) is 0 Å². The second-order valence-electron chi connectivity index (χ2n) is 5.91. The van der Waals surface area contributed by atoms with E-state index in [1.54, 1.807) is 0 Å². The molecule has 0 spiro atoms. The number of phosphoric acid groups is 1. The van der Waals surface area contributed by atoms with E-state index in [-0.39, 0.29) is 12.5 Å². The van der Waals surface area contributed by atoms with Crippen LogP contribution in [0.1, 0.15) is 32.1 Å². The van der Waals surface area contributed by atoms with Crippen LogP contribution >= 0.6 is 7.82 Å². The van der Waals surface area contributed by atoms with Crippen molar-refractivity contribution < 1.29 is 48.8 Å². The van der Waals surface area contributed by atoms with Crippen molar-refractivity contribution in [2.75, 3.05) is 13.2 Å². The van der Waals surface area contributed by atoms with Crippen LogP contribution in [-0.4, -0.2) is 73.8 Å². The smallest absolute Gasteiger partial charge is 0.463 e. The van der Waals surface area contributed by atoms with Gasteiger partial charge in [0.25, 0.3) is 0 Å². The van der Waals surface area contributed by atoms with E-state index in [2.05, 4.69) is 4.52 Å². The molecule has 1 saturated carbocycles. The van der Waals surface area contributed by atoms with Gasteiger partial charge in [-0.2, -0.15) is 0 Å². The van der Waals surface area contributed by atoms with Gasteiger partial charge in [-0.05, 0) is 18.8 Å². The minimum absolute atomic E-state index is 0.0998. The fourth-order valence-electron chi connectivity index (χ4n) is 2.47. The van der Waals surface area contributed by atoms with Crippen LogP contribution in [0.15, 0.2) is 0 Å². The third kappa shape index (κ3) is 7.54. The number of esters is 1. The lowest BCUT2D eigenvalue weighted by Crippen LogP contribution is -2.49. The minimum Gasteiger partial charge on any atom is -0.463 e. The van der Waals surface area contributed by atoms with Gasteiger partial charge in [0.05, 0.1) is 13.2 Å². The molecule has 10 nitrogen and oxygen atoms in total. The monoisotopic (exact) mass is 372 g/mol. The summed E-state index contributed by atoms with van der Waals surface area (Å²) in [5.41, 5.74) is 0. The van der Waals surface area contributed by atoms with Crippen molar-refractivity contribution in [2.45, 2.75) is 56.5 Å². The number of carbonyl (C=O) groups excluding carboxylic acids is 1. The van der Waals surface area contributed by atoms with Crippen molar-refractivity contribution >= 4 is 13.8 Å². The Morgan fingerprint density at radius 1 is 1.04 bits per heavy atom. The van der Waals surface area contributed by atoms with Crippen LogP contribution < -0.4 is 0 Å². The Morgan fingerprint density at radius 2 is 1.62 bits per heavy atom. The second-order valence-corrected chi connectivity index (χ2v) is 7.15. The Kier molecular flexibility index (Phi) is 8.75. The maximum Gasteiger partial charge on any atom is 0.469 e. The molecule has 1 rings (SSSR count). The van der Waals surface area contributed by atoms with Crippen LogP contribution in [0.3, 0.4) is 0 Å². The number of ether oxygens (including phenoxy) is 1. The minimum atomic E-state index is -4.87. The summed E-state index contributed by atoms with van der Waals surface area (Å²) in [5.74, 6) is -0.950. The largest absolute Gasteiger partial charge is 0.469 e. The fraction of sp³-hybridized carbons (Fsp3) is 0.923. The fourth-order valence-corrected chi connectivity index (χ4v) is 2.81. The zero-order valence-electron chi connectivity index (χ0n) is 13.1. The molecule has 1 aliphatic rings. The number of carbonyl (C=O) groups is 1. The molecule has 0 unspecified atom stereocenters. The van der Waals surface area contributed by atoms with Gasteiger partial charge in [0, 0.05) is 0 Å². The molecule has 1 fully saturated rings. The molecule has 0 aromatic heterocycles. The lowest BCUT2D eigenvalue weighted by molar-refractivity contribution is -0.171. The summed E-state index contributed by atoms with van der Waals surface area (Å²) in [7, 11) is -4.87. The normalized spacial score (nSPS) is 21.8. The highest BCUT2D eigenvalue weighted by atomic mass is 31.2. The van der Waals surface area contributed by atoms with E-state index in [1.165, 1.54) is 0 Å². The van der Waals surface area contributed by atoms with Crippen molar-refractivity contribution in [3.05, 3.63) is 0 Å². The number of hydrogen-bond donors (Lipinski definition) is 6. The quantitative estimate of drug-likeness (QED) is 0.210. The van der Waals surface area contributed by atoms with E-state index < -0.39 is 44.8 Å². The molecule has 1 aliphatic carbocycles. The predicted molar refractivity (Wildman–Crippen MR) is 79.6 cm³/mol. The van der Waals surface area contributed by atoms with Gasteiger partial charge in [0.1, 0.15) is 18.3 Å². The first-order valence-corrected chi connectivity index (χ1v) is 9.24. The Bertz CT molecular complexity index is 432. The molecule has 0 saturated heterocycles. The molecule has 0 heterocycles. The summed E-state index contributed by atoms with van der Waals surface area (Å²) in [4.78, 5) is 28.7. The third-order valence-electron chi connectivity index (χ3n) is 3.91. The van der Waals surface area contributed by atoms with Crippen molar-refractivity contribution in [1.29, 1.82) is 0 Å². The zero-order valence-corrected chi connectivity index (χ0v) is 14.0. The lowest BCUT2D eigenvalue weighted by atomic mass is 9.90. The third-order valence-corrected chi connectivity index (χ3v) is 4.39. The van der Waals surface area contributed by atoms with Crippen LogP contribution in [0.5, 0.6) is 0 Å². The van der Waals surface area contributed by atoms with Crippen LogP contribution in [0.25, 0.3) is 0 Å². The van der Waals surface area contributed by atoms with E-state index in [4.69, 9.17) is 14.5 Å². The number of aliphatic hydroxyl groups excluding tert-OH is 4. The van der Waals surface area contributed by atoms with Gasteiger partial charge in [-0.1, -0.05) is 19.3 Å². The highest BCUT2D eigenvalue weighted by Gasteiger charge is 2.36. The maximum absolute atomic E-state index is 11.7. The molecule has 0 bridgehead atoms. The molecule has 0 aromatic carbocycles. The Labute approximate surface area is 139 Å². The topological polar surface area (TPSA) is 174 Å². The molecule has 0 aliphatic heterocycles. The van der Waals surface area contributed by atoms with Gasteiger partial charge in [0.15, 0.2) is 6.10 Å². The summed E-state index contributed by atoms with van der Waals surface area (Å²) in [6, 6.07) is 0. The Hall–Kier alpha value is -0.580. The number of hydrogen-bond acceptors (Lipinski definition) is 8. The van der Waals surface area contributed by atoms with Crippen molar-refractivity contribution in [2.24, 2.45) is 5.92 Å². The van der Waals surface area contributed by atoms with Crippen molar-refractivity contribution in [3.8, 4) is 0 Å². The first-order chi connectivity index (χ1) is 11.1. The molecule has 4 atom stereocenters. The van der Waals surface area contributed by atoms with E-state index in [1.807, 2.05) is 0 Å². The highest BCUT2D eigenvalue weighted by Crippen LogP contribution is 2.35. The zero-order chi connectivity index (χ0) is 18.3. The number of rotatable bonds is 9. The molecule has 0 amide bonds. The first-order valence-electron chi connectivity index (χ1n) is 7.71. The summed E-state index contributed by atoms with van der Waals surface area (Å²) in [6.45, 7) is -0.894.